The van der Waals surface area contributed by atoms with Crippen LogP contribution in [0.1, 0.15) is 26.3 Å². The molecule has 0 aliphatic heterocycles. The average Bonchev–Trinajstić information content (AvgIpc) is 3.24. The van der Waals surface area contributed by atoms with E-state index in [-0.39, 0.29) is 22.8 Å². The first-order valence-corrected chi connectivity index (χ1v) is 11.8. The number of hydrogen-bond acceptors (Lipinski definition) is 6. The third-order valence-electron chi connectivity index (χ3n) is 4.66. The standard InChI is InChI=1S/C24H19N3O4S2/c28-21(29)14-32-24-27-19-11-10-16(12-20(19)33-24)26-23(31)18-9-5-4-8-17(18)22(30)25-13-15-6-2-1-3-7-15/h1-12H,13-14H2,(H,25,30)(H,26,31)(H,28,29). The Labute approximate surface area is 197 Å². The van der Waals surface area contributed by atoms with Gasteiger partial charge in [-0.3, -0.25) is 14.4 Å². The van der Waals surface area contributed by atoms with Gasteiger partial charge in [-0.1, -0.05) is 54.2 Å². The highest BCUT2D eigenvalue weighted by atomic mass is 32.2. The van der Waals surface area contributed by atoms with Gasteiger partial charge in [-0.25, -0.2) is 4.98 Å². The second-order valence-corrected chi connectivity index (χ2v) is 9.27. The third-order valence-corrected chi connectivity index (χ3v) is 6.80. The Balaban J connectivity index is 1.47. The summed E-state index contributed by atoms with van der Waals surface area (Å²) in [5, 5.41) is 14.5. The van der Waals surface area contributed by atoms with Gasteiger partial charge in [0.1, 0.15) is 0 Å². The topological polar surface area (TPSA) is 108 Å². The first-order chi connectivity index (χ1) is 16.0. The summed E-state index contributed by atoms with van der Waals surface area (Å²) in [7, 11) is 0. The lowest BCUT2D eigenvalue weighted by atomic mass is 10.1. The van der Waals surface area contributed by atoms with Crippen molar-refractivity contribution < 1.29 is 19.5 Å². The normalized spacial score (nSPS) is 10.7. The number of nitrogens with one attached hydrogen (secondary N) is 2. The first-order valence-electron chi connectivity index (χ1n) is 9.97. The molecule has 7 nitrogen and oxygen atoms in total. The molecule has 0 spiro atoms. The van der Waals surface area contributed by atoms with Crippen LogP contribution in [0.4, 0.5) is 5.69 Å². The number of thiazole rings is 1. The number of amides is 2. The van der Waals surface area contributed by atoms with Crippen LogP contribution in [0.25, 0.3) is 10.2 Å². The fraction of sp³-hybridized carbons (Fsp3) is 0.0833. The monoisotopic (exact) mass is 477 g/mol. The van der Waals surface area contributed by atoms with E-state index in [1.54, 1.807) is 42.5 Å². The Morgan fingerprint density at radius 3 is 2.33 bits per heavy atom. The Hall–Kier alpha value is -3.69. The van der Waals surface area contributed by atoms with Crippen molar-refractivity contribution in [3.63, 3.8) is 0 Å². The Morgan fingerprint density at radius 1 is 0.909 bits per heavy atom. The van der Waals surface area contributed by atoms with Crippen molar-refractivity contribution >= 4 is 56.8 Å². The molecule has 0 saturated heterocycles. The molecule has 0 radical (unpaired) electrons. The highest BCUT2D eigenvalue weighted by molar-refractivity contribution is 8.01. The lowest BCUT2D eigenvalue weighted by molar-refractivity contribution is -0.133. The van der Waals surface area contributed by atoms with Crippen molar-refractivity contribution in [1.29, 1.82) is 0 Å². The number of carbonyl (C=O) groups excluding carboxylic acids is 2. The molecule has 0 bridgehead atoms. The highest BCUT2D eigenvalue weighted by Crippen LogP contribution is 2.31. The smallest absolute Gasteiger partial charge is 0.313 e. The van der Waals surface area contributed by atoms with E-state index in [4.69, 9.17) is 5.11 Å². The van der Waals surface area contributed by atoms with Crippen molar-refractivity contribution in [3.05, 3.63) is 89.5 Å². The van der Waals surface area contributed by atoms with Crippen molar-refractivity contribution in [3.8, 4) is 0 Å². The predicted molar refractivity (Wildman–Crippen MR) is 130 cm³/mol. The first kappa shape index (κ1) is 22.5. The molecule has 0 aliphatic rings. The Bertz CT molecular complexity index is 1320. The quantitative estimate of drug-likeness (QED) is 0.319. The summed E-state index contributed by atoms with van der Waals surface area (Å²) >= 11 is 2.52. The zero-order chi connectivity index (χ0) is 23.2. The predicted octanol–water partition coefficient (Wildman–Crippen LogP) is 4.66. The maximum atomic E-state index is 13.0. The second kappa shape index (κ2) is 10.3. The lowest BCUT2D eigenvalue weighted by Gasteiger charge is -2.11. The molecule has 0 fully saturated rings. The van der Waals surface area contributed by atoms with Crippen molar-refractivity contribution in [1.82, 2.24) is 10.3 Å². The Kier molecular flexibility index (Phi) is 7.01. The molecule has 0 aliphatic carbocycles. The SMILES string of the molecule is O=C(O)CSc1nc2ccc(NC(=O)c3ccccc3C(=O)NCc3ccccc3)cc2s1. The van der Waals surface area contributed by atoms with E-state index in [9.17, 15) is 14.4 Å². The summed E-state index contributed by atoms with van der Waals surface area (Å²) in [5.74, 6) is -1.70. The van der Waals surface area contributed by atoms with E-state index in [1.165, 1.54) is 11.3 Å². The number of thioether (sulfide) groups is 1. The molecular weight excluding hydrogens is 458 g/mol. The fourth-order valence-electron chi connectivity index (χ4n) is 3.12. The number of rotatable bonds is 8. The summed E-state index contributed by atoms with van der Waals surface area (Å²) in [6.07, 6.45) is 0. The number of carboxylic acid groups (broad SMARTS) is 1. The maximum absolute atomic E-state index is 13.0. The molecule has 3 N–H and O–H groups in total. The molecule has 2 amide bonds. The van der Waals surface area contributed by atoms with Crippen LogP contribution in [0, 0.1) is 0 Å². The number of benzene rings is 3. The van der Waals surface area contributed by atoms with E-state index in [1.807, 2.05) is 30.3 Å². The number of fused-ring (bicyclic) bond motifs is 1. The number of nitrogens with zero attached hydrogens (tertiary/aromatic N) is 1. The zero-order valence-corrected chi connectivity index (χ0v) is 18.9. The number of hydrogen-bond donors (Lipinski definition) is 3. The average molecular weight is 478 g/mol. The van der Waals surface area contributed by atoms with Gasteiger partial charge in [0.2, 0.25) is 0 Å². The largest absolute Gasteiger partial charge is 0.481 e. The fourth-order valence-corrected chi connectivity index (χ4v) is 4.95. The lowest BCUT2D eigenvalue weighted by Crippen LogP contribution is -2.26. The van der Waals surface area contributed by atoms with E-state index in [0.29, 0.717) is 16.6 Å². The van der Waals surface area contributed by atoms with Crippen LogP contribution < -0.4 is 10.6 Å². The summed E-state index contributed by atoms with van der Waals surface area (Å²) in [4.78, 5) is 40.9. The van der Waals surface area contributed by atoms with Crippen LogP contribution in [0.15, 0.2) is 77.1 Å². The molecule has 3 aromatic carbocycles. The number of carboxylic acids is 1. The maximum Gasteiger partial charge on any atom is 0.313 e. The van der Waals surface area contributed by atoms with Gasteiger partial charge in [0.25, 0.3) is 11.8 Å². The van der Waals surface area contributed by atoms with Crippen LogP contribution in [0.2, 0.25) is 0 Å². The summed E-state index contributed by atoms with van der Waals surface area (Å²) in [6, 6.07) is 21.5. The van der Waals surface area contributed by atoms with Crippen LogP contribution in [0.5, 0.6) is 0 Å². The van der Waals surface area contributed by atoms with Crippen molar-refractivity contribution in [2.24, 2.45) is 0 Å². The number of aromatic nitrogens is 1. The molecule has 4 rings (SSSR count). The molecule has 166 valence electrons. The van der Waals surface area contributed by atoms with Gasteiger partial charge < -0.3 is 15.7 Å². The molecule has 1 heterocycles. The van der Waals surface area contributed by atoms with E-state index in [2.05, 4.69) is 15.6 Å². The molecular formula is C24H19N3O4S2. The second-order valence-electron chi connectivity index (χ2n) is 7.01. The minimum atomic E-state index is -0.904. The minimum absolute atomic E-state index is 0.0630. The molecule has 9 heteroatoms. The van der Waals surface area contributed by atoms with Crippen LogP contribution in [-0.4, -0.2) is 33.6 Å². The number of aliphatic carboxylic acids is 1. The zero-order valence-electron chi connectivity index (χ0n) is 17.3. The van der Waals surface area contributed by atoms with Crippen molar-refractivity contribution in [2.75, 3.05) is 11.1 Å². The molecule has 0 saturated carbocycles. The molecule has 4 aromatic rings. The summed E-state index contributed by atoms with van der Waals surface area (Å²) in [5.41, 5.74) is 2.81. The molecule has 1 aromatic heterocycles. The van der Waals surface area contributed by atoms with Gasteiger partial charge in [0.05, 0.1) is 27.1 Å². The van der Waals surface area contributed by atoms with Gasteiger partial charge in [-0.15, -0.1) is 11.3 Å². The van der Waals surface area contributed by atoms with Crippen LogP contribution in [-0.2, 0) is 11.3 Å². The molecule has 0 unspecified atom stereocenters. The number of carbonyl (C=O) groups is 3. The summed E-state index contributed by atoms with van der Waals surface area (Å²) in [6.45, 7) is 0.361. The van der Waals surface area contributed by atoms with Crippen LogP contribution >= 0.6 is 23.1 Å². The molecule has 0 atom stereocenters. The van der Waals surface area contributed by atoms with E-state index in [0.717, 1.165) is 27.5 Å². The Morgan fingerprint density at radius 2 is 1.61 bits per heavy atom. The summed E-state index contributed by atoms with van der Waals surface area (Å²) < 4.78 is 1.48. The van der Waals surface area contributed by atoms with E-state index >= 15 is 0 Å². The van der Waals surface area contributed by atoms with Gasteiger partial charge in [-0.05, 0) is 35.9 Å². The number of anilines is 1. The third kappa shape index (κ3) is 5.76. The minimum Gasteiger partial charge on any atom is -0.481 e. The molecule has 33 heavy (non-hydrogen) atoms. The highest BCUT2D eigenvalue weighted by Gasteiger charge is 2.17. The van der Waals surface area contributed by atoms with Crippen molar-refractivity contribution in [2.45, 2.75) is 10.9 Å². The van der Waals surface area contributed by atoms with Gasteiger partial charge in [0.15, 0.2) is 4.34 Å². The van der Waals surface area contributed by atoms with Gasteiger partial charge in [0, 0.05) is 12.2 Å². The van der Waals surface area contributed by atoms with Gasteiger partial charge >= 0.3 is 5.97 Å². The van der Waals surface area contributed by atoms with E-state index < -0.39 is 11.9 Å². The van der Waals surface area contributed by atoms with Gasteiger partial charge in [-0.2, -0.15) is 0 Å². The van der Waals surface area contributed by atoms with Crippen LogP contribution in [0.3, 0.4) is 0 Å².